The summed E-state index contributed by atoms with van der Waals surface area (Å²) in [6.45, 7) is 0. The molecule has 0 bridgehead atoms. The summed E-state index contributed by atoms with van der Waals surface area (Å²) in [5.74, 6) is 0.0356. The van der Waals surface area contributed by atoms with E-state index >= 15 is 0 Å². The molecule has 1 heterocycles. The second-order valence-electron chi connectivity index (χ2n) is 4.85. The van der Waals surface area contributed by atoms with Crippen LogP contribution in [0.3, 0.4) is 0 Å². The van der Waals surface area contributed by atoms with Gasteiger partial charge in [-0.3, -0.25) is 4.79 Å². The Hall–Kier alpha value is -2.81. The zero-order chi connectivity index (χ0) is 14.7. The van der Waals surface area contributed by atoms with Gasteiger partial charge in [-0.15, -0.1) is 0 Å². The van der Waals surface area contributed by atoms with Crippen molar-refractivity contribution in [3.05, 3.63) is 83.7 Å². The van der Waals surface area contributed by atoms with Crippen molar-refractivity contribution in [2.24, 2.45) is 5.73 Å². The molecule has 3 N–H and O–H groups in total. The molecule has 0 spiro atoms. The molecule has 0 saturated heterocycles. The Labute approximate surface area is 123 Å². The number of carbonyl (C=O) groups excluding carboxylic acids is 1. The van der Waals surface area contributed by atoms with Crippen LogP contribution in [0.2, 0.25) is 0 Å². The highest BCUT2D eigenvalue weighted by molar-refractivity contribution is 6.17. The van der Waals surface area contributed by atoms with E-state index in [0.29, 0.717) is 12.0 Å². The van der Waals surface area contributed by atoms with Gasteiger partial charge < -0.3 is 10.7 Å². The van der Waals surface area contributed by atoms with Crippen LogP contribution in [0.5, 0.6) is 0 Å². The monoisotopic (exact) mass is 276 g/mol. The average Bonchev–Trinajstić information content (AvgIpc) is 2.91. The molecule has 104 valence electrons. The van der Waals surface area contributed by atoms with Crippen molar-refractivity contribution in [3.8, 4) is 0 Å². The number of aromatic nitrogens is 1. The predicted molar refractivity (Wildman–Crippen MR) is 85.2 cm³/mol. The minimum atomic E-state index is 0.0356. The van der Waals surface area contributed by atoms with Crippen LogP contribution in [0.1, 0.15) is 21.6 Å². The van der Waals surface area contributed by atoms with Crippen LogP contribution in [-0.4, -0.2) is 10.8 Å². The molecule has 0 aliphatic carbocycles. The molecular formula is C18H16N2O. The molecule has 3 nitrogen and oxygen atoms in total. The van der Waals surface area contributed by atoms with Crippen molar-refractivity contribution in [1.82, 2.24) is 4.98 Å². The van der Waals surface area contributed by atoms with Crippen LogP contribution in [0.4, 0.5) is 0 Å². The predicted octanol–water partition coefficient (Wildman–Crippen LogP) is 3.41. The summed E-state index contributed by atoms with van der Waals surface area (Å²) < 4.78 is 0. The van der Waals surface area contributed by atoms with Gasteiger partial charge in [0.2, 0.25) is 0 Å². The quantitative estimate of drug-likeness (QED) is 0.717. The summed E-state index contributed by atoms with van der Waals surface area (Å²) in [6, 6.07) is 17.2. The second kappa shape index (κ2) is 5.67. The van der Waals surface area contributed by atoms with E-state index in [1.165, 1.54) is 6.20 Å². The van der Waals surface area contributed by atoms with Crippen LogP contribution < -0.4 is 5.73 Å². The summed E-state index contributed by atoms with van der Waals surface area (Å²) in [4.78, 5) is 16.2. The number of fused-ring (bicyclic) bond motifs is 1. The van der Waals surface area contributed by atoms with E-state index in [2.05, 4.69) is 4.98 Å². The molecular weight excluding hydrogens is 260 g/mol. The van der Waals surface area contributed by atoms with Gasteiger partial charge in [0, 0.05) is 28.6 Å². The van der Waals surface area contributed by atoms with Gasteiger partial charge in [0.15, 0.2) is 5.78 Å². The fraction of sp³-hybridized carbons (Fsp3) is 0.0556. The van der Waals surface area contributed by atoms with E-state index in [0.717, 1.165) is 22.2 Å². The van der Waals surface area contributed by atoms with Crippen LogP contribution in [0.25, 0.3) is 10.9 Å². The number of hydrogen-bond acceptors (Lipinski definition) is 2. The Balaban J connectivity index is 2.17. The molecule has 0 aliphatic rings. The molecule has 0 amide bonds. The lowest BCUT2D eigenvalue weighted by Crippen LogP contribution is -2.04. The number of carbonyl (C=O) groups is 1. The Bertz CT molecular complexity index is 800. The second-order valence-corrected chi connectivity index (χ2v) is 4.85. The van der Waals surface area contributed by atoms with E-state index < -0.39 is 0 Å². The normalized spacial score (nSPS) is 11.2. The van der Waals surface area contributed by atoms with E-state index in [1.807, 2.05) is 60.7 Å². The molecule has 1 aromatic heterocycles. The number of rotatable bonds is 4. The van der Waals surface area contributed by atoms with E-state index in [4.69, 9.17) is 5.73 Å². The highest BCUT2D eigenvalue weighted by atomic mass is 16.1. The number of nitrogens with one attached hydrogen (secondary N) is 1. The van der Waals surface area contributed by atoms with Gasteiger partial charge in [0.25, 0.3) is 0 Å². The van der Waals surface area contributed by atoms with Gasteiger partial charge in [-0.1, -0.05) is 54.6 Å². The molecule has 2 aromatic carbocycles. The third kappa shape index (κ3) is 2.46. The fourth-order valence-corrected chi connectivity index (χ4v) is 2.53. The SMILES string of the molecule is NC=CCc1[nH]c2ccccc2c1C(=O)c1ccccc1. The summed E-state index contributed by atoms with van der Waals surface area (Å²) in [7, 11) is 0. The summed E-state index contributed by atoms with van der Waals surface area (Å²) in [6.07, 6.45) is 3.95. The lowest BCUT2D eigenvalue weighted by atomic mass is 9.99. The first kappa shape index (κ1) is 13.2. The first-order chi connectivity index (χ1) is 10.3. The van der Waals surface area contributed by atoms with E-state index in [-0.39, 0.29) is 5.78 Å². The summed E-state index contributed by atoms with van der Waals surface area (Å²) >= 11 is 0. The molecule has 0 atom stereocenters. The Kier molecular flexibility index (Phi) is 3.56. The molecule has 3 heteroatoms. The highest BCUT2D eigenvalue weighted by Gasteiger charge is 2.18. The van der Waals surface area contributed by atoms with Gasteiger partial charge in [0.1, 0.15) is 0 Å². The molecule has 0 radical (unpaired) electrons. The van der Waals surface area contributed by atoms with Gasteiger partial charge in [0.05, 0.1) is 5.56 Å². The lowest BCUT2D eigenvalue weighted by Gasteiger charge is -2.03. The maximum absolute atomic E-state index is 12.8. The topological polar surface area (TPSA) is 58.9 Å². The molecule has 0 saturated carbocycles. The summed E-state index contributed by atoms with van der Waals surface area (Å²) in [5.41, 5.74) is 8.72. The van der Waals surface area contributed by atoms with Crippen molar-refractivity contribution < 1.29 is 4.79 Å². The van der Waals surface area contributed by atoms with Crippen molar-refractivity contribution >= 4 is 16.7 Å². The minimum absolute atomic E-state index is 0.0356. The van der Waals surface area contributed by atoms with Crippen molar-refractivity contribution in [2.75, 3.05) is 0 Å². The smallest absolute Gasteiger partial charge is 0.195 e. The van der Waals surface area contributed by atoms with Crippen LogP contribution >= 0.6 is 0 Å². The Morgan fingerprint density at radius 3 is 2.52 bits per heavy atom. The fourth-order valence-electron chi connectivity index (χ4n) is 2.53. The number of aromatic amines is 1. The van der Waals surface area contributed by atoms with Crippen molar-refractivity contribution in [1.29, 1.82) is 0 Å². The maximum Gasteiger partial charge on any atom is 0.195 e. The maximum atomic E-state index is 12.8. The lowest BCUT2D eigenvalue weighted by molar-refractivity contribution is 0.103. The third-order valence-electron chi connectivity index (χ3n) is 3.50. The van der Waals surface area contributed by atoms with E-state index in [9.17, 15) is 4.79 Å². The van der Waals surface area contributed by atoms with Gasteiger partial charge in [-0.05, 0) is 12.3 Å². The number of benzene rings is 2. The molecule has 0 aliphatic heterocycles. The van der Waals surface area contributed by atoms with Crippen LogP contribution in [0.15, 0.2) is 66.9 Å². The standard InChI is InChI=1S/C18H16N2O/c19-12-6-11-16-17(14-9-4-5-10-15(14)20-16)18(21)13-7-2-1-3-8-13/h1-10,12,20H,11,19H2. The molecule has 3 aromatic rings. The zero-order valence-electron chi connectivity index (χ0n) is 11.5. The molecule has 3 rings (SSSR count). The van der Waals surface area contributed by atoms with Crippen molar-refractivity contribution in [3.63, 3.8) is 0 Å². The number of allylic oxidation sites excluding steroid dienone is 1. The molecule has 0 unspecified atom stereocenters. The molecule has 21 heavy (non-hydrogen) atoms. The number of ketones is 1. The minimum Gasteiger partial charge on any atom is -0.405 e. The number of para-hydroxylation sites is 1. The molecule has 0 fully saturated rings. The van der Waals surface area contributed by atoms with Crippen LogP contribution in [-0.2, 0) is 6.42 Å². The first-order valence-corrected chi connectivity index (χ1v) is 6.87. The first-order valence-electron chi connectivity index (χ1n) is 6.87. The number of nitrogens with two attached hydrogens (primary N) is 1. The highest BCUT2D eigenvalue weighted by Crippen LogP contribution is 2.25. The van der Waals surface area contributed by atoms with Gasteiger partial charge in [-0.25, -0.2) is 0 Å². The largest absolute Gasteiger partial charge is 0.405 e. The third-order valence-corrected chi connectivity index (χ3v) is 3.50. The van der Waals surface area contributed by atoms with Gasteiger partial charge in [-0.2, -0.15) is 0 Å². The van der Waals surface area contributed by atoms with E-state index in [1.54, 1.807) is 0 Å². The average molecular weight is 276 g/mol. The van der Waals surface area contributed by atoms with Gasteiger partial charge >= 0.3 is 0 Å². The number of hydrogen-bond donors (Lipinski definition) is 2. The van der Waals surface area contributed by atoms with Crippen LogP contribution in [0, 0.1) is 0 Å². The Morgan fingerprint density at radius 2 is 1.76 bits per heavy atom. The zero-order valence-corrected chi connectivity index (χ0v) is 11.5. The Morgan fingerprint density at radius 1 is 1.05 bits per heavy atom. The van der Waals surface area contributed by atoms with Crippen molar-refractivity contribution in [2.45, 2.75) is 6.42 Å². The summed E-state index contributed by atoms with van der Waals surface area (Å²) in [5, 5.41) is 0.951. The number of H-pyrrole nitrogens is 1.